The van der Waals surface area contributed by atoms with Crippen LogP contribution in [0.2, 0.25) is 0 Å². The first-order valence-corrected chi connectivity index (χ1v) is 10.3. The van der Waals surface area contributed by atoms with Crippen LogP contribution in [0.5, 0.6) is 0 Å². The van der Waals surface area contributed by atoms with Gasteiger partial charge in [-0.05, 0) is 63.7 Å². The molecule has 0 amide bonds. The molecule has 1 fully saturated rings. The summed E-state index contributed by atoms with van der Waals surface area (Å²) in [7, 11) is 0. The molecule has 0 heterocycles. The maximum Gasteiger partial charge on any atom is -0.00640 e. The van der Waals surface area contributed by atoms with E-state index >= 15 is 0 Å². The molecule has 0 radical (unpaired) electrons. The molecule has 26 heavy (non-hydrogen) atoms. The molecule has 0 nitrogen and oxygen atoms in total. The van der Waals surface area contributed by atoms with Crippen molar-refractivity contribution in [2.45, 2.75) is 84.5 Å². The summed E-state index contributed by atoms with van der Waals surface area (Å²) < 4.78 is 0. The summed E-state index contributed by atoms with van der Waals surface area (Å²) in [5, 5.41) is 0. The Morgan fingerprint density at radius 3 is 1.81 bits per heavy atom. The first-order chi connectivity index (χ1) is 12.2. The van der Waals surface area contributed by atoms with Crippen LogP contribution in [0.3, 0.4) is 0 Å². The van der Waals surface area contributed by atoms with E-state index in [1.807, 2.05) is 0 Å². The second-order valence-corrected chi connectivity index (χ2v) is 10.0. The molecule has 3 rings (SSSR count). The van der Waals surface area contributed by atoms with Gasteiger partial charge in [0.05, 0.1) is 0 Å². The molecule has 0 saturated heterocycles. The van der Waals surface area contributed by atoms with Crippen molar-refractivity contribution in [2.75, 3.05) is 0 Å². The molecule has 1 aliphatic carbocycles. The predicted molar refractivity (Wildman–Crippen MR) is 114 cm³/mol. The van der Waals surface area contributed by atoms with Gasteiger partial charge in [-0.25, -0.2) is 0 Å². The molecule has 140 valence electrons. The van der Waals surface area contributed by atoms with Crippen LogP contribution in [0.25, 0.3) is 0 Å². The number of hydrogen-bond acceptors (Lipinski definition) is 0. The standard InChI is InChI=1S/C26H36/c1-18(2)21-14-11-15-22(19(3)4)24(21)23-16-26(7,17-25(23,5)6)20-12-9-8-10-13-20/h8-15,18-19,23H,16-17H2,1-7H3/t23?,26-/m1/s1. The predicted octanol–water partition coefficient (Wildman–Crippen LogP) is 7.79. The zero-order valence-electron chi connectivity index (χ0n) is 17.8. The normalized spacial score (nSPS) is 25.2. The number of hydrogen-bond donors (Lipinski definition) is 0. The van der Waals surface area contributed by atoms with Crippen LogP contribution >= 0.6 is 0 Å². The van der Waals surface area contributed by atoms with E-state index in [0.29, 0.717) is 23.2 Å². The second-order valence-electron chi connectivity index (χ2n) is 10.0. The average Bonchev–Trinajstić information content (AvgIpc) is 2.85. The number of benzene rings is 2. The van der Waals surface area contributed by atoms with Gasteiger partial charge in [0.25, 0.3) is 0 Å². The highest BCUT2D eigenvalue weighted by molar-refractivity contribution is 5.45. The van der Waals surface area contributed by atoms with Crippen molar-refractivity contribution in [1.82, 2.24) is 0 Å². The van der Waals surface area contributed by atoms with Crippen LogP contribution in [0, 0.1) is 5.41 Å². The monoisotopic (exact) mass is 348 g/mol. The maximum atomic E-state index is 2.49. The molecule has 1 unspecified atom stereocenters. The lowest BCUT2D eigenvalue weighted by molar-refractivity contribution is 0.314. The van der Waals surface area contributed by atoms with Gasteiger partial charge in [-0.2, -0.15) is 0 Å². The summed E-state index contributed by atoms with van der Waals surface area (Å²) in [5.74, 6) is 1.76. The van der Waals surface area contributed by atoms with E-state index in [-0.39, 0.29) is 5.41 Å². The Hall–Kier alpha value is -1.56. The topological polar surface area (TPSA) is 0 Å². The van der Waals surface area contributed by atoms with E-state index in [1.165, 1.54) is 18.4 Å². The van der Waals surface area contributed by atoms with Gasteiger partial charge in [-0.15, -0.1) is 0 Å². The molecular weight excluding hydrogens is 312 g/mol. The molecule has 0 spiro atoms. The van der Waals surface area contributed by atoms with Crippen molar-refractivity contribution < 1.29 is 0 Å². The third-order valence-corrected chi connectivity index (χ3v) is 6.68. The Kier molecular flexibility index (Phi) is 5.08. The van der Waals surface area contributed by atoms with Crippen molar-refractivity contribution in [3.63, 3.8) is 0 Å². The fraction of sp³-hybridized carbons (Fsp3) is 0.538. The van der Waals surface area contributed by atoms with Crippen LogP contribution in [0.4, 0.5) is 0 Å². The third-order valence-electron chi connectivity index (χ3n) is 6.68. The highest BCUT2D eigenvalue weighted by Gasteiger charge is 2.49. The lowest BCUT2D eigenvalue weighted by Gasteiger charge is -2.32. The Morgan fingerprint density at radius 2 is 1.31 bits per heavy atom. The Morgan fingerprint density at radius 1 is 0.769 bits per heavy atom. The van der Waals surface area contributed by atoms with Crippen molar-refractivity contribution >= 4 is 0 Å². The van der Waals surface area contributed by atoms with Crippen molar-refractivity contribution in [3.05, 3.63) is 70.8 Å². The molecule has 2 aromatic rings. The summed E-state index contributed by atoms with van der Waals surface area (Å²) in [4.78, 5) is 0. The van der Waals surface area contributed by atoms with Gasteiger partial charge in [-0.3, -0.25) is 0 Å². The largest absolute Gasteiger partial charge is 0.0622 e. The van der Waals surface area contributed by atoms with Crippen LogP contribution < -0.4 is 0 Å². The summed E-state index contributed by atoms with van der Waals surface area (Å²) in [5.41, 5.74) is 6.84. The molecule has 0 bridgehead atoms. The molecular formula is C26H36. The van der Waals surface area contributed by atoms with Gasteiger partial charge in [0.15, 0.2) is 0 Å². The summed E-state index contributed by atoms with van der Waals surface area (Å²) in [6.07, 6.45) is 2.49. The molecule has 1 aliphatic rings. The van der Waals surface area contributed by atoms with E-state index in [9.17, 15) is 0 Å². The van der Waals surface area contributed by atoms with Gasteiger partial charge in [-0.1, -0.05) is 97.0 Å². The lowest BCUT2D eigenvalue weighted by atomic mass is 9.72. The van der Waals surface area contributed by atoms with Gasteiger partial charge < -0.3 is 0 Å². The molecule has 2 aromatic carbocycles. The molecule has 0 aliphatic heterocycles. The summed E-state index contributed by atoms with van der Waals surface area (Å²) >= 11 is 0. The van der Waals surface area contributed by atoms with Gasteiger partial charge >= 0.3 is 0 Å². The molecule has 2 atom stereocenters. The highest BCUT2D eigenvalue weighted by Crippen LogP contribution is 2.59. The average molecular weight is 349 g/mol. The summed E-state index contributed by atoms with van der Waals surface area (Å²) in [6, 6.07) is 18.2. The first-order valence-electron chi connectivity index (χ1n) is 10.3. The smallest absolute Gasteiger partial charge is 0.00640 e. The Bertz CT molecular complexity index is 725. The SMILES string of the molecule is CC(C)c1cccc(C(C)C)c1C1C[C@@](C)(c2ccccc2)CC1(C)C. The van der Waals surface area contributed by atoms with Crippen LogP contribution in [0.1, 0.15) is 101 Å². The zero-order valence-corrected chi connectivity index (χ0v) is 17.8. The van der Waals surface area contributed by atoms with E-state index in [0.717, 1.165) is 0 Å². The van der Waals surface area contributed by atoms with E-state index in [4.69, 9.17) is 0 Å². The van der Waals surface area contributed by atoms with Gasteiger partial charge in [0.2, 0.25) is 0 Å². The molecule has 0 N–H and O–H groups in total. The fourth-order valence-electron chi connectivity index (χ4n) is 5.49. The maximum absolute atomic E-state index is 2.49. The Labute approximate surface area is 161 Å². The highest BCUT2D eigenvalue weighted by atomic mass is 14.5. The zero-order chi connectivity index (χ0) is 19.1. The minimum absolute atomic E-state index is 0.258. The van der Waals surface area contributed by atoms with Gasteiger partial charge in [0, 0.05) is 0 Å². The molecule has 0 heteroatoms. The van der Waals surface area contributed by atoms with E-state index < -0.39 is 0 Å². The molecule has 0 aromatic heterocycles. The lowest BCUT2D eigenvalue weighted by Crippen LogP contribution is -2.20. The molecule has 1 saturated carbocycles. The van der Waals surface area contributed by atoms with Crippen molar-refractivity contribution in [1.29, 1.82) is 0 Å². The summed E-state index contributed by atoms with van der Waals surface area (Å²) in [6.45, 7) is 16.9. The van der Waals surface area contributed by atoms with E-state index in [1.54, 1.807) is 16.7 Å². The van der Waals surface area contributed by atoms with Crippen LogP contribution in [-0.4, -0.2) is 0 Å². The first kappa shape index (κ1) is 19.2. The van der Waals surface area contributed by atoms with E-state index in [2.05, 4.69) is 97.0 Å². The van der Waals surface area contributed by atoms with Gasteiger partial charge in [0.1, 0.15) is 0 Å². The van der Waals surface area contributed by atoms with Crippen molar-refractivity contribution in [3.8, 4) is 0 Å². The quantitative estimate of drug-likeness (QED) is 0.529. The van der Waals surface area contributed by atoms with Crippen LogP contribution in [-0.2, 0) is 5.41 Å². The third kappa shape index (κ3) is 3.36. The fourth-order valence-corrected chi connectivity index (χ4v) is 5.49. The van der Waals surface area contributed by atoms with Crippen LogP contribution in [0.15, 0.2) is 48.5 Å². The second kappa shape index (κ2) is 6.87. The number of rotatable bonds is 4. The van der Waals surface area contributed by atoms with Crippen molar-refractivity contribution in [2.24, 2.45) is 5.41 Å². The Balaban J connectivity index is 2.13. The minimum Gasteiger partial charge on any atom is -0.0622 e. The minimum atomic E-state index is 0.258.